The maximum atomic E-state index is 13.0. The number of carbonyl (C=O) groups is 1. The van der Waals surface area contributed by atoms with Crippen molar-refractivity contribution in [1.29, 1.82) is 0 Å². The molecular formula is C19H24FN3O2. The molecule has 1 aromatic carbocycles. The number of hydrogen-bond acceptors (Lipinski definition) is 4. The van der Waals surface area contributed by atoms with Gasteiger partial charge >= 0.3 is 0 Å². The van der Waals surface area contributed by atoms with Crippen LogP contribution in [0.3, 0.4) is 0 Å². The first-order valence-electron chi connectivity index (χ1n) is 8.74. The second-order valence-electron chi connectivity index (χ2n) is 6.61. The third kappa shape index (κ3) is 4.38. The number of benzene rings is 1. The number of piperidine rings is 1. The van der Waals surface area contributed by atoms with E-state index in [0.717, 1.165) is 48.6 Å². The van der Waals surface area contributed by atoms with Crippen molar-refractivity contribution in [1.82, 2.24) is 10.5 Å². The summed E-state index contributed by atoms with van der Waals surface area (Å²) in [6.45, 7) is 5.49. The van der Waals surface area contributed by atoms with Crippen molar-refractivity contribution in [2.75, 3.05) is 18.0 Å². The second kappa shape index (κ2) is 7.68. The van der Waals surface area contributed by atoms with Gasteiger partial charge in [-0.15, -0.1) is 0 Å². The molecule has 6 heteroatoms. The van der Waals surface area contributed by atoms with Gasteiger partial charge in [-0.25, -0.2) is 4.39 Å². The molecule has 1 N–H and O–H groups in total. The molecule has 3 rings (SSSR count). The lowest BCUT2D eigenvalue weighted by atomic mass is 10.0. The molecule has 0 unspecified atom stereocenters. The number of rotatable bonds is 5. The maximum Gasteiger partial charge on any atom is 0.220 e. The first-order chi connectivity index (χ1) is 12.0. The van der Waals surface area contributed by atoms with Crippen LogP contribution >= 0.6 is 0 Å². The zero-order valence-corrected chi connectivity index (χ0v) is 14.7. The molecule has 1 fully saturated rings. The summed E-state index contributed by atoms with van der Waals surface area (Å²) in [7, 11) is 0. The van der Waals surface area contributed by atoms with Crippen molar-refractivity contribution < 1.29 is 13.7 Å². The van der Waals surface area contributed by atoms with Gasteiger partial charge in [0.1, 0.15) is 11.6 Å². The number of aryl methyl sites for hydroxylation is 2. The van der Waals surface area contributed by atoms with Crippen LogP contribution < -0.4 is 10.2 Å². The van der Waals surface area contributed by atoms with Crippen LogP contribution in [0.15, 0.2) is 28.8 Å². The highest BCUT2D eigenvalue weighted by atomic mass is 19.1. The standard InChI is InChI=1S/C19H24FN3O2/c1-13-18(14(2)25-22-13)7-8-19(24)21-16-9-11-23(12-10-16)17-5-3-15(20)4-6-17/h3-6,16H,7-12H2,1-2H3,(H,21,24). The average Bonchev–Trinajstić information content (AvgIpc) is 2.93. The monoisotopic (exact) mass is 345 g/mol. The predicted octanol–water partition coefficient (Wildman–Crippen LogP) is 3.15. The first-order valence-corrected chi connectivity index (χ1v) is 8.74. The average molecular weight is 345 g/mol. The Morgan fingerprint density at radius 1 is 1.28 bits per heavy atom. The van der Waals surface area contributed by atoms with Crippen LogP contribution in [0, 0.1) is 19.7 Å². The zero-order valence-electron chi connectivity index (χ0n) is 14.7. The molecule has 5 nitrogen and oxygen atoms in total. The molecule has 1 aliphatic heterocycles. The molecule has 1 aromatic heterocycles. The molecule has 134 valence electrons. The van der Waals surface area contributed by atoms with Crippen molar-refractivity contribution >= 4 is 11.6 Å². The minimum atomic E-state index is -0.218. The number of amides is 1. The second-order valence-corrected chi connectivity index (χ2v) is 6.61. The number of hydrogen-bond donors (Lipinski definition) is 1. The Bertz CT molecular complexity index is 699. The van der Waals surface area contributed by atoms with Gasteiger partial charge in [0.05, 0.1) is 5.69 Å². The van der Waals surface area contributed by atoms with E-state index >= 15 is 0 Å². The van der Waals surface area contributed by atoms with Gasteiger partial charge in [0.25, 0.3) is 0 Å². The van der Waals surface area contributed by atoms with Gasteiger partial charge in [0, 0.05) is 36.8 Å². The minimum Gasteiger partial charge on any atom is -0.371 e. The molecule has 0 aliphatic carbocycles. The lowest BCUT2D eigenvalue weighted by Gasteiger charge is -2.34. The van der Waals surface area contributed by atoms with Crippen LogP contribution in [0.25, 0.3) is 0 Å². The van der Waals surface area contributed by atoms with E-state index in [2.05, 4.69) is 15.4 Å². The molecule has 2 aromatic rings. The van der Waals surface area contributed by atoms with E-state index in [0.29, 0.717) is 12.8 Å². The first kappa shape index (κ1) is 17.5. The van der Waals surface area contributed by atoms with E-state index in [9.17, 15) is 9.18 Å². The van der Waals surface area contributed by atoms with Gasteiger partial charge < -0.3 is 14.7 Å². The molecule has 0 saturated carbocycles. The van der Waals surface area contributed by atoms with E-state index in [4.69, 9.17) is 4.52 Å². The van der Waals surface area contributed by atoms with Crippen molar-refractivity contribution in [3.8, 4) is 0 Å². The third-order valence-corrected chi connectivity index (χ3v) is 4.84. The summed E-state index contributed by atoms with van der Waals surface area (Å²) in [5.41, 5.74) is 2.92. The molecular weight excluding hydrogens is 321 g/mol. The van der Waals surface area contributed by atoms with Gasteiger partial charge in [-0.1, -0.05) is 5.16 Å². The van der Waals surface area contributed by atoms with Crippen LogP contribution in [0.4, 0.5) is 10.1 Å². The Morgan fingerprint density at radius 3 is 2.56 bits per heavy atom. The summed E-state index contributed by atoms with van der Waals surface area (Å²) in [6.07, 6.45) is 2.89. The molecule has 0 bridgehead atoms. The summed E-state index contributed by atoms with van der Waals surface area (Å²) in [6, 6.07) is 6.78. The molecule has 0 radical (unpaired) electrons. The predicted molar refractivity (Wildman–Crippen MR) is 94.1 cm³/mol. The van der Waals surface area contributed by atoms with Crippen LogP contribution in [0.1, 0.15) is 36.3 Å². The van der Waals surface area contributed by atoms with Crippen LogP contribution in [0.5, 0.6) is 0 Å². The summed E-state index contributed by atoms with van der Waals surface area (Å²) >= 11 is 0. The number of aromatic nitrogens is 1. The third-order valence-electron chi connectivity index (χ3n) is 4.84. The lowest BCUT2D eigenvalue weighted by molar-refractivity contribution is -0.121. The number of halogens is 1. The molecule has 0 spiro atoms. The van der Waals surface area contributed by atoms with Gasteiger partial charge in [-0.05, 0) is 57.4 Å². The van der Waals surface area contributed by atoms with E-state index < -0.39 is 0 Å². The van der Waals surface area contributed by atoms with Crippen molar-refractivity contribution in [2.45, 2.75) is 45.6 Å². The number of anilines is 1. The fourth-order valence-electron chi connectivity index (χ4n) is 3.33. The molecule has 25 heavy (non-hydrogen) atoms. The highest BCUT2D eigenvalue weighted by molar-refractivity contribution is 5.76. The normalized spacial score (nSPS) is 15.4. The summed E-state index contributed by atoms with van der Waals surface area (Å²) in [5.74, 6) is 0.641. The smallest absolute Gasteiger partial charge is 0.220 e. The number of nitrogens with one attached hydrogen (secondary N) is 1. The quantitative estimate of drug-likeness (QED) is 0.904. The Kier molecular flexibility index (Phi) is 5.36. The van der Waals surface area contributed by atoms with Crippen molar-refractivity contribution in [3.63, 3.8) is 0 Å². The Morgan fingerprint density at radius 2 is 1.96 bits per heavy atom. The van der Waals surface area contributed by atoms with Crippen LogP contribution in [0.2, 0.25) is 0 Å². The Hall–Kier alpha value is -2.37. The topological polar surface area (TPSA) is 58.4 Å². The molecule has 0 atom stereocenters. The zero-order chi connectivity index (χ0) is 17.8. The fourth-order valence-corrected chi connectivity index (χ4v) is 3.33. The van der Waals surface area contributed by atoms with E-state index in [1.807, 2.05) is 13.8 Å². The largest absolute Gasteiger partial charge is 0.371 e. The summed E-state index contributed by atoms with van der Waals surface area (Å²) in [4.78, 5) is 14.4. The van der Waals surface area contributed by atoms with E-state index in [-0.39, 0.29) is 17.8 Å². The van der Waals surface area contributed by atoms with Crippen LogP contribution in [-0.2, 0) is 11.2 Å². The highest BCUT2D eigenvalue weighted by Gasteiger charge is 2.21. The summed E-state index contributed by atoms with van der Waals surface area (Å²) < 4.78 is 18.1. The van der Waals surface area contributed by atoms with Gasteiger partial charge in [0.2, 0.25) is 5.91 Å². The maximum absolute atomic E-state index is 13.0. The number of nitrogens with zero attached hydrogens (tertiary/aromatic N) is 2. The SMILES string of the molecule is Cc1noc(C)c1CCC(=O)NC1CCN(c2ccc(F)cc2)CC1. The molecule has 1 aliphatic rings. The highest BCUT2D eigenvalue weighted by Crippen LogP contribution is 2.20. The fraction of sp³-hybridized carbons (Fsp3) is 0.474. The van der Waals surface area contributed by atoms with Crippen molar-refractivity contribution in [2.24, 2.45) is 0 Å². The molecule has 1 amide bonds. The number of carbonyl (C=O) groups excluding carboxylic acids is 1. The van der Waals surface area contributed by atoms with Crippen molar-refractivity contribution in [3.05, 3.63) is 47.1 Å². The summed E-state index contributed by atoms with van der Waals surface area (Å²) in [5, 5.41) is 7.04. The van der Waals surface area contributed by atoms with Gasteiger partial charge in [0.15, 0.2) is 0 Å². The van der Waals surface area contributed by atoms with Crippen LogP contribution in [-0.4, -0.2) is 30.2 Å². The Balaban J connectivity index is 1.44. The van der Waals surface area contributed by atoms with E-state index in [1.165, 1.54) is 12.1 Å². The van der Waals surface area contributed by atoms with Gasteiger partial charge in [-0.2, -0.15) is 0 Å². The lowest BCUT2D eigenvalue weighted by Crippen LogP contribution is -2.44. The van der Waals surface area contributed by atoms with E-state index in [1.54, 1.807) is 12.1 Å². The van der Waals surface area contributed by atoms with Gasteiger partial charge in [-0.3, -0.25) is 4.79 Å². The Labute approximate surface area is 147 Å². The molecule has 2 heterocycles. The minimum absolute atomic E-state index is 0.0697. The molecule has 1 saturated heterocycles.